The summed E-state index contributed by atoms with van der Waals surface area (Å²) in [7, 11) is 0. The van der Waals surface area contributed by atoms with Gasteiger partial charge < -0.3 is 5.11 Å². The van der Waals surface area contributed by atoms with E-state index in [1.807, 2.05) is 24.3 Å². The molecule has 4 heteroatoms. The maximum atomic E-state index is 10.8. The van der Waals surface area contributed by atoms with Gasteiger partial charge in [-0.1, -0.05) is 24.3 Å². The van der Waals surface area contributed by atoms with Crippen molar-refractivity contribution in [3.8, 4) is 0 Å². The molecule has 2 aromatic carbocycles. The number of carboxylic acid groups (broad SMARTS) is 1. The summed E-state index contributed by atoms with van der Waals surface area (Å²) in [5.74, 6) is -0.943. The maximum Gasteiger partial charge on any atom is 0.335 e. The number of nitrogens with zero attached hydrogens (tertiary/aromatic N) is 1. The third kappa shape index (κ3) is 3.16. The minimum absolute atomic E-state index is 0.243. The fourth-order valence-electron chi connectivity index (χ4n) is 1.44. The number of aromatic carboxylic acids is 1. The summed E-state index contributed by atoms with van der Waals surface area (Å²) in [6, 6.07) is 14.4. The van der Waals surface area contributed by atoms with Crippen LogP contribution in [0.1, 0.15) is 15.9 Å². The zero-order valence-corrected chi connectivity index (χ0v) is 11.5. The molecule has 0 spiro atoms. The van der Waals surface area contributed by atoms with E-state index in [-0.39, 0.29) is 5.56 Å². The molecule has 0 unspecified atom stereocenters. The molecule has 3 nitrogen and oxygen atoms in total. The van der Waals surface area contributed by atoms with Crippen LogP contribution in [0.25, 0.3) is 0 Å². The fraction of sp³-hybridized carbons (Fsp3) is 0. The monoisotopic (exact) mass is 351 g/mol. The summed E-state index contributed by atoms with van der Waals surface area (Å²) in [6.07, 6.45) is 1.74. The highest BCUT2D eigenvalue weighted by Gasteiger charge is 2.02. The van der Waals surface area contributed by atoms with Crippen LogP contribution in [0.4, 0.5) is 5.69 Å². The number of hydrogen-bond donors (Lipinski definition) is 1. The summed E-state index contributed by atoms with van der Waals surface area (Å²) >= 11 is 2.24. The van der Waals surface area contributed by atoms with Crippen molar-refractivity contribution >= 4 is 40.5 Å². The molecule has 0 radical (unpaired) electrons. The van der Waals surface area contributed by atoms with Gasteiger partial charge in [-0.2, -0.15) is 0 Å². The Morgan fingerprint density at radius 1 is 1.17 bits per heavy atom. The first kappa shape index (κ1) is 12.8. The van der Waals surface area contributed by atoms with Crippen molar-refractivity contribution in [1.82, 2.24) is 0 Å². The van der Waals surface area contributed by atoms with E-state index in [9.17, 15) is 4.79 Å². The zero-order chi connectivity index (χ0) is 13.0. The molecule has 0 fully saturated rings. The Kier molecular flexibility index (Phi) is 4.09. The van der Waals surface area contributed by atoms with Gasteiger partial charge in [0.05, 0.1) is 11.3 Å². The quantitative estimate of drug-likeness (QED) is 0.677. The molecular weight excluding hydrogens is 341 g/mol. The molecule has 1 N–H and O–H groups in total. The Bertz CT molecular complexity index is 608. The second-order valence-corrected chi connectivity index (χ2v) is 4.80. The Balaban J connectivity index is 2.27. The van der Waals surface area contributed by atoms with E-state index in [1.165, 1.54) is 0 Å². The lowest BCUT2D eigenvalue weighted by atomic mass is 10.2. The number of benzene rings is 2. The van der Waals surface area contributed by atoms with Crippen molar-refractivity contribution in [3.05, 3.63) is 63.2 Å². The average molecular weight is 351 g/mol. The molecule has 0 atom stereocenters. The molecule has 0 aliphatic heterocycles. The van der Waals surface area contributed by atoms with Crippen molar-refractivity contribution in [3.63, 3.8) is 0 Å². The molecule has 0 saturated heterocycles. The molecule has 18 heavy (non-hydrogen) atoms. The van der Waals surface area contributed by atoms with Crippen molar-refractivity contribution < 1.29 is 9.90 Å². The Hall–Kier alpha value is -1.69. The van der Waals surface area contributed by atoms with Crippen LogP contribution < -0.4 is 0 Å². The largest absolute Gasteiger partial charge is 0.478 e. The van der Waals surface area contributed by atoms with Gasteiger partial charge in [0.15, 0.2) is 0 Å². The van der Waals surface area contributed by atoms with E-state index < -0.39 is 5.97 Å². The van der Waals surface area contributed by atoms with Gasteiger partial charge in [-0.25, -0.2) is 4.79 Å². The van der Waals surface area contributed by atoms with Crippen molar-refractivity contribution in [2.75, 3.05) is 0 Å². The van der Waals surface area contributed by atoms with E-state index in [0.717, 1.165) is 9.13 Å². The highest BCUT2D eigenvalue weighted by molar-refractivity contribution is 14.1. The van der Waals surface area contributed by atoms with E-state index in [1.54, 1.807) is 30.5 Å². The highest BCUT2D eigenvalue weighted by Crippen LogP contribution is 2.15. The molecule has 90 valence electrons. The van der Waals surface area contributed by atoms with Gasteiger partial charge >= 0.3 is 5.97 Å². The molecule has 0 amide bonds. The van der Waals surface area contributed by atoms with Crippen molar-refractivity contribution in [2.45, 2.75) is 0 Å². The Labute approximate surface area is 118 Å². The van der Waals surface area contributed by atoms with E-state index >= 15 is 0 Å². The van der Waals surface area contributed by atoms with Crippen LogP contribution in [-0.2, 0) is 0 Å². The van der Waals surface area contributed by atoms with Crippen LogP contribution in [0.15, 0.2) is 53.5 Å². The molecule has 0 aromatic heterocycles. The van der Waals surface area contributed by atoms with Gasteiger partial charge in [0.1, 0.15) is 0 Å². The topological polar surface area (TPSA) is 49.7 Å². The third-order valence-corrected chi connectivity index (χ3v) is 3.33. The predicted molar refractivity (Wildman–Crippen MR) is 79.8 cm³/mol. The highest BCUT2D eigenvalue weighted by atomic mass is 127. The first-order valence-electron chi connectivity index (χ1n) is 5.29. The van der Waals surface area contributed by atoms with Crippen LogP contribution in [-0.4, -0.2) is 17.3 Å². The van der Waals surface area contributed by atoms with Gasteiger partial charge in [0, 0.05) is 15.3 Å². The standard InChI is InChI=1S/C14H10INO2/c15-13-7-2-1-4-11(13)9-16-12-6-3-5-10(8-12)14(17)18/h1-9H,(H,17,18). The van der Waals surface area contributed by atoms with Crippen molar-refractivity contribution in [2.24, 2.45) is 4.99 Å². The van der Waals surface area contributed by atoms with Crippen molar-refractivity contribution in [1.29, 1.82) is 0 Å². The lowest BCUT2D eigenvalue weighted by Crippen LogP contribution is -1.94. The third-order valence-electron chi connectivity index (χ3n) is 2.35. The van der Waals surface area contributed by atoms with Crippen LogP contribution >= 0.6 is 22.6 Å². The van der Waals surface area contributed by atoms with Crippen LogP contribution in [0, 0.1) is 3.57 Å². The molecule has 2 aromatic rings. The molecule has 0 saturated carbocycles. The summed E-state index contributed by atoms with van der Waals surface area (Å²) in [5, 5.41) is 8.89. The molecule has 0 heterocycles. The first-order chi connectivity index (χ1) is 8.66. The fourth-order valence-corrected chi connectivity index (χ4v) is 1.97. The van der Waals surface area contributed by atoms with Crippen LogP contribution in [0.5, 0.6) is 0 Å². The zero-order valence-electron chi connectivity index (χ0n) is 9.38. The van der Waals surface area contributed by atoms with Gasteiger partial charge in [0.2, 0.25) is 0 Å². The van der Waals surface area contributed by atoms with E-state index in [0.29, 0.717) is 5.69 Å². The Morgan fingerprint density at radius 3 is 2.67 bits per heavy atom. The number of rotatable bonds is 3. The smallest absolute Gasteiger partial charge is 0.335 e. The number of hydrogen-bond acceptors (Lipinski definition) is 2. The number of aliphatic imine (C=N–C) groups is 1. The normalized spacial score (nSPS) is 10.7. The number of halogens is 1. The molecular formula is C14H10INO2. The lowest BCUT2D eigenvalue weighted by molar-refractivity contribution is 0.0697. The average Bonchev–Trinajstić information content (AvgIpc) is 2.38. The predicted octanol–water partition coefficient (Wildman–Crippen LogP) is 3.74. The van der Waals surface area contributed by atoms with Gasteiger partial charge in [-0.15, -0.1) is 0 Å². The molecule has 2 rings (SSSR count). The van der Waals surface area contributed by atoms with Gasteiger partial charge in [-0.3, -0.25) is 4.99 Å². The number of carboxylic acids is 1. The summed E-state index contributed by atoms with van der Waals surface area (Å²) < 4.78 is 1.10. The second-order valence-electron chi connectivity index (χ2n) is 3.64. The number of carbonyl (C=O) groups is 1. The minimum Gasteiger partial charge on any atom is -0.478 e. The second kappa shape index (κ2) is 5.77. The molecule has 0 bridgehead atoms. The summed E-state index contributed by atoms with van der Waals surface area (Å²) in [6.45, 7) is 0. The van der Waals surface area contributed by atoms with Crippen LogP contribution in [0.2, 0.25) is 0 Å². The Morgan fingerprint density at radius 2 is 1.94 bits per heavy atom. The van der Waals surface area contributed by atoms with E-state index in [2.05, 4.69) is 27.6 Å². The molecule has 0 aliphatic carbocycles. The SMILES string of the molecule is O=C(O)c1cccc(N=Cc2ccccc2I)c1. The van der Waals surface area contributed by atoms with E-state index in [4.69, 9.17) is 5.11 Å². The van der Waals surface area contributed by atoms with Crippen LogP contribution in [0.3, 0.4) is 0 Å². The first-order valence-corrected chi connectivity index (χ1v) is 6.36. The van der Waals surface area contributed by atoms with Gasteiger partial charge in [0.25, 0.3) is 0 Å². The maximum absolute atomic E-state index is 10.8. The lowest BCUT2D eigenvalue weighted by Gasteiger charge is -1.98. The summed E-state index contributed by atoms with van der Waals surface area (Å²) in [5.41, 5.74) is 1.89. The van der Waals surface area contributed by atoms with Gasteiger partial charge in [-0.05, 0) is 46.9 Å². The minimum atomic E-state index is -0.943. The summed E-state index contributed by atoms with van der Waals surface area (Å²) in [4.78, 5) is 15.1. The molecule has 0 aliphatic rings.